The highest BCUT2D eigenvalue weighted by Crippen LogP contribution is 2.50. The fourth-order valence-corrected chi connectivity index (χ4v) is 6.58. The molecule has 0 bridgehead atoms. The lowest BCUT2D eigenvalue weighted by Crippen LogP contribution is -2.42. The van der Waals surface area contributed by atoms with Crippen molar-refractivity contribution in [2.75, 3.05) is 19.7 Å². The van der Waals surface area contributed by atoms with E-state index in [4.69, 9.17) is 25.2 Å². The van der Waals surface area contributed by atoms with Crippen molar-refractivity contribution in [2.24, 2.45) is 11.8 Å². The summed E-state index contributed by atoms with van der Waals surface area (Å²) in [5.41, 5.74) is 2.75. The van der Waals surface area contributed by atoms with E-state index in [1.807, 2.05) is 19.2 Å². The molecule has 3 aliphatic rings. The summed E-state index contributed by atoms with van der Waals surface area (Å²) in [5.74, 6) is -3.15. The zero-order valence-electron chi connectivity index (χ0n) is 24.1. The van der Waals surface area contributed by atoms with Crippen LogP contribution in [0.5, 0.6) is 5.75 Å². The van der Waals surface area contributed by atoms with E-state index in [-0.39, 0.29) is 5.92 Å². The molecule has 3 atom stereocenters. The number of hydrogen-bond acceptors (Lipinski definition) is 8. The molecule has 11 nitrogen and oxygen atoms in total. The first kappa shape index (κ1) is 31.4. The van der Waals surface area contributed by atoms with Gasteiger partial charge in [0.25, 0.3) is 0 Å². The SMILES string of the molecule is CCOc1cc2c(cc1CN1C[C@@H]3CC[C@@](O)(c4ccc(C)cn4)[C@@H]3C1)CCC2.O=C(O)CC(O)(CC(=O)O)C(=O)O. The Kier molecular flexibility index (Phi) is 9.54. The van der Waals surface area contributed by atoms with Gasteiger partial charge in [0.05, 0.1) is 25.1 Å². The van der Waals surface area contributed by atoms with Crippen LogP contribution in [0.4, 0.5) is 0 Å². The minimum Gasteiger partial charge on any atom is -0.494 e. The molecule has 1 aromatic heterocycles. The third-order valence-corrected chi connectivity index (χ3v) is 8.64. The number of carbonyl (C=O) groups is 3. The summed E-state index contributed by atoms with van der Waals surface area (Å²) in [4.78, 5) is 37.6. The quantitative estimate of drug-likeness (QED) is 0.277. The van der Waals surface area contributed by atoms with Gasteiger partial charge in [0.1, 0.15) is 11.4 Å². The molecule has 2 fully saturated rings. The van der Waals surface area contributed by atoms with Gasteiger partial charge in [0.2, 0.25) is 0 Å². The molecule has 0 unspecified atom stereocenters. The molecule has 5 rings (SSSR count). The van der Waals surface area contributed by atoms with E-state index in [1.54, 1.807) is 0 Å². The van der Waals surface area contributed by atoms with Gasteiger partial charge in [-0.2, -0.15) is 0 Å². The topological polar surface area (TPSA) is 178 Å². The molecule has 228 valence electrons. The van der Waals surface area contributed by atoms with E-state index in [0.29, 0.717) is 12.5 Å². The van der Waals surface area contributed by atoms with Crippen LogP contribution >= 0.6 is 0 Å². The summed E-state index contributed by atoms with van der Waals surface area (Å²) in [6.07, 6.45) is 5.13. The highest BCUT2D eigenvalue weighted by Gasteiger charge is 2.53. The number of carboxylic acids is 3. The first-order valence-electron chi connectivity index (χ1n) is 14.4. The number of fused-ring (bicyclic) bond motifs is 2. The third kappa shape index (κ3) is 6.91. The van der Waals surface area contributed by atoms with Crippen molar-refractivity contribution in [3.8, 4) is 5.75 Å². The summed E-state index contributed by atoms with van der Waals surface area (Å²) >= 11 is 0. The lowest BCUT2D eigenvalue weighted by molar-refractivity contribution is -0.170. The van der Waals surface area contributed by atoms with Gasteiger partial charge in [-0.05, 0) is 80.7 Å². The summed E-state index contributed by atoms with van der Waals surface area (Å²) in [7, 11) is 0. The van der Waals surface area contributed by atoms with Crippen LogP contribution in [0, 0.1) is 18.8 Å². The molecule has 2 heterocycles. The van der Waals surface area contributed by atoms with Gasteiger partial charge in [-0.3, -0.25) is 19.5 Å². The molecule has 1 aromatic carbocycles. The predicted octanol–water partition coefficient (Wildman–Crippen LogP) is 2.76. The van der Waals surface area contributed by atoms with Gasteiger partial charge in [0.15, 0.2) is 5.60 Å². The van der Waals surface area contributed by atoms with Crippen molar-refractivity contribution in [1.29, 1.82) is 0 Å². The van der Waals surface area contributed by atoms with Crippen LogP contribution in [0.3, 0.4) is 0 Å². The number of benzene rings is 1. The number of rotatable bonds is 10. The second-order valence-electron chi connectivity index (χ2n) is 11.7. The Bertz CT molecular complexity index is 1300. The largest absolute Gasteiger partial charge is 0.494 e. The highest BCUT2D eigenvalue weighted by molar-refractivity contribution is 5.88. The van der Waals surface area contributed by atoms with Crippen LogP contribution in [0.2, 0.25) is 0 Å². The lowest BCUT2D eigenvalue weighted by atomic mass is 9.85. The zero-order chi connectivity index (χ0) is 30.7. The minimum absolute atomic E-state index is 0.266. The Balaban J connectivity index is 0.000000266. The van der Waals surface area contributed by atoms with Crippen molar-refractivity contribution in [3.05, 3.63) is 58.4 Å². The second-order valence-corrected chi connectivity index (χ2v) is 11.7. The maximum absolute atomic E-state index is 11.6. The zero-order valence-corrected chi connectivity index (χ0v) is 24.1. The van der Waals surface area contributed by atoms with Gasteiger partial charge in [0, 0.05) is 37.3 Å². The number of nitrogens with zero attached hydrogens (tertiary/aromatic N) is 2. The fraction of sp³-hybridized carbons (Fsp3) is 0.548. The normalized spacial score (nSPS) is 23.0. The Morgan fingerprint density at radius 3 is 2.31 bits per heavy atom. The lowest BCUT2D eigenvalue weighted by Gasteiger charge is -2.30. The van der Waals surface area contributed by atoms with Crippen LogP contribution in [0.25, 0.3) is 0 Å². The van der Waals surface area contributed by atoms with Gasteiger partial charge >= 0.3 is 17.9 Å². The number of aliphatic carboxylic acids is 3. The molecule has 11 heteroatoms. The standard InChI is InChI=1S/C25H32N2O2.C6H8O7/c1-3-29-23-12-19-6-4-5-18(19)11-21(23)15-27-14-20-9-10-25(28,22(20)16-27)24-8-7-17(2)13-26-24;7-3(8)1-6(13,5(11)12)2-4(9)10/h7-8,11-13,20,22,28H,3-6,9-10,14-16H2,1-2H3;13H,1-2H2,(H,7,8)(H,9,10)(H,11,12)/t20-,22+,25-;/m0./s1. The van der Waals surface area contributed by atoms with Crippen molar-refractivity contribution in [1.82, 2.24) is 9.88 Å². The molecular weight excluding hydrogens is 544 g/mol. The molecule has 2 aliphatic carbocycles. The number of aliphatic hydroxyl groups is 2. The monoisotopic (exact) mass is 584 g/mol. The summed E-state index contributed by atoms with van der Waals surface area (Å²) in [6, 6.07) is 8.76. The molecule has 0 radical (unpaired) electrons. The maximum atomic E-state index is 11.6. The van der Waals surface area contributed by atoms with Gasteiger partial charge in [-0.1, -0.05) is 12.1 Å². The third-order valence-electron chi connectivity index (χ3n) is 8.64. The second kappa shape index (κ2) is 12.8. The maximum Gasteiger partial charge on any atom is 0.336 e. The van der Waals surface area contributed by atoms with Crippen molar-refractivity contribution < 1.29 is 44.7 Å². The van der Waals surface area contributed by atoms with Gasteiger partial charge < -0.3 is 30.3 Å². The smallest absolute Gasteiger partial charge is 0.336 e. The number of ether oxygens (including phenoxy) is 1. The number of carboxylic acid groups (broad SMARTS) is 3. The molecule has 2 aromatic rings. The van der Waals surface area contributed by atoms with E-state index < -0.39 is 42.0 Å². The molecule has 0 amide bonds. The van der Waals surface area contributed by atoms with E-state index in [9.17, 15) is 19.5 Å². The molecule has 42 heavy (non-hydrogen) atoms. The number of aryl methyl sites for hydroxylation is 3. The molecule has 5 N–H and O–H groups in total. The van der Waals surface area contributed by atoms with Crippen molar-refractivity contribution in [2.45, 2.75) is 76.5 Å². The van der Waals surface area contributed by atoms with E-state index >= 15 is 0 Å². The number of aromatic nitrogens is 1. The molecule has 1 saturated carbocycles. The molecular formula is C31H40N2O9. The predicted molar refractivity (Wildman–Crippen MR) is 151 cm³/mol. The first-order chi connectivity index (χ1) is 19.8. The number of pyridine rings is 1. The van der Waals surface area contributed by atoms with Crippen molar-refractivity contribution >= 4 is 17.9 Å². The average Bonchev–Trinajstić information content (AvgIpc) is 3.61. The summed E-state index contributed by atoms with van der Waals surface area (Å²) < 4.78 is 6.00. The van der Waals surface area contributed by atoms with Gasteiger partial charge in [-0.15, -0.1) is 0 Å². The van der Waals surface area contributed by atoms with Crippen LogP contribution in [0.1, 0.15) is 67.0 Å². The number of likely N-dealkylation sites (tertiary alicyclic amines) is 1. The average molecular weight is 585 g/mol. The van der Waals surface area contributed by atoms with Crippen molar-refractivity contribution in [3.63, 3.8) is 0 Å². The highest BCUT2D eigenvalue weighted by atomic mass is 16.5. The number of hydrogen-bond donors (Lipinski definition) is 5. The Hall–Kier alpha value is -3.54. The minimum atomic E-state index is -2.74. The Morgan fingerprint density at radius 1 is 1.07 bits per heavy atom. The Labute approximate surface area is 244 Å². The summed E-state index contributed by atoms with van der Waals surface area (Å²) in [5, 5.41) is 45.4. The first-order valence-corrected chi connectivity index (χ1v) is 14.4. The van der Waals surface area contributed by atoms with E-state index in [2.05, 4.69) is 35.0 Å². The molecule has 1 aliphatic heterocycles. The van der Waals surface area contributed by atoms with Crippen LogP contribution < -0.4 is 4.74 Å². The van der Waals surface area contributed by atoms with Crippen LogP contribution in [-0.4, -0.2) is 78.6 Å². The summed E-state index contributed by atoms with van der Waals surface area (Å²) in [6.45, 7) is 7.71. The van der Waals surface area contributed by atoms with Crippen LogP contribution in [-0.2, 0) is 39.4 Å². The Morgan fingerprint density at radius 2 is 1.74 bits per heavy atom. The van der Waals surface area contributed by atoms with E-state index in [0.717, 1.165) is 49.5 Å². The van der Waals surface area contributed by atoms with Crippen LogP contribution in [0.15, 0.2) is 30.5 Å². The molecule has 0 spiro atoms. The molecule has 1 saturated heterocycles. The van der Waals surface area contributed by atoms with E-state index in [1.165, 1.54) is 36.0 Å². The fourth-order valence-electron chi connectivity index (χ4n) is 6.58. The van der Waals surface area contributed by atoms with Gasteiger partial charge in [-0.25, -0.2) is 4.79 Å².